The summed E-state index contributed by atoms with van der Waals surface area (Å²) in [5, 5.41) is 0. The van der Waals surface area contributed by atoms with Crippen LogP contribution in [0.3, 0.4) is 0 Å². The largest absolute Gasteiger partial charge is 0.466 e. The molecule has 0 amide bonds. The summed E-state index contributed by atoms with van der Waals surface area (Å²) in [6, 6.07) is 2.58. The van der Waals surface area contributed by atoms with E-state index in [2.05, 4.69) is 20.7 Å². The predicted molar refractivity (Wildman–Crippen MR) is 63.9 cm³/mol. The quantitative estimate of drug-likeness (QED) is 0.686. The Morgan fingerprint density at radius 1 is 1.44 bits per heavy atom. The third kappa shape index (κ3) is 3.38. The van der Waals surface area contributed by atoms with Gasteiger partial charge in [-0.25, -0.2) is 0 Å². The fourth-order valence-electron chi connectivity index (χ4n) is 1.49. The molecule has 0 heterocycles. The molecule has 2 N–H and O–H groups in total. The lowest BCUT2D eigenvalue weighted by Crippen LogP contribution is -2.16. The van der Waals surface area contributed by atoms with Crippen molar-refractivity contribution in [3.63, 3.8) is 0 Å². The van der Waals surface area contributed by atoms with Gasteiger partial charge in [0.25, 0.3) is 0 Å². The van der Waals surface area contributed by atoms with E-state index in [4.69, 9.17) is 5.73 Å². The van der Waals surface area contributed by atoms with Crippen molar-refractivity contribution in [2.24, 2.45) is 0 Å². The summed E-state index contributed by atoms with van der Waals surface area (Å²) in [5.74, 6) is -0.718. The first-order valence-corrected chi connectivity index (χ1v) is 5.86. The molecule has 1 rings (SSSR count). The molecule has 0 saturated heterocycles. The van der Waals surface area contributed by atoms with E-state index in [1.54, 1.807) is 6.92 Å². The number of carbonyl (C=O) groups is 1. The molecule has 7 heteroatoms. The molecule has 0 saturated carbocycles. The first-order chi connectivity index (χ1) is 8.27. The second-order valence-corrected chi connectivity index (χ2v) is 4.33. The minimum absolute atomic E-state index is 0.117. The molecule has 0 radical (unpaired) electrons. The highest BCUT2D eigenvalue weighted by atomic mass is 79.9. The van der Waals surface area contributed by atoms with Gasteiger partial charge in [0, 0.05) is 4.47 Å². The van der Waals surface area contributed by atoms with Gasteiger partial charge >= 0.3 is 12.1 Å². The van der Waals surface area contributed by atoms with Crippen LogP contribution in [-0.2, 0) is 22.1 Å². The topological polar surface area (TPSA) is 52.3 Å². The molecule has 0 aliphatic carbocycles. The average Bonchev–Trinajstić information content (AvgIpc) is 2.22. The fourth-order valence-corrected chi connectivity index (χ4v) is 1.82. The van der Waals surface area contributed by atoms with E-state index in [-0.39, 0.29) is 16.6 Å². The number of alkyl halides is 3. The summed E-state index contributed by atoms with van der Waals surface area (Å²) in [7, 11) is 0. The predicted octanol–water partition coefficient (Wildman–Crippen LogP) is 3.16. The number of nitrogens with two attached hydrogens (primary N) is 1. The molecule has 0 aromatic heterocycles. The smallest absolute Gasteiger partial charge is 0.418 e. The lowest BCUT2D eigenvalue weighted by Gasteiger charge is -2.16. The van der Waals surface area contributed by atoms with Crippen molar-refractivity contribution < 1.29 is 22.7 Å². The lowest BCUT2D eigenvalue weighted by molar-refractivity contribution is -0.143. The zero-order valence-corrected chi connectivity index (χ0v) is 11.1. The van der Waals surface area contributed by atoms with E-state index in [1.807, 2.05) is 0 Å². The van der Waals surface area contributed by atoms with Crippen molar-refractivity contribution in [2.45, 2.75) is 19.5 Å². The zero-order valence-electron chi connectivity index (χ0n) is 9.47. The van der Waals surface area contributed by atoms with Gasteiger partial charge in [0.1, 0.15) is 0 Å². The van der Waals surface area contributed by atoms with Crippen LogP contribution in [0.15, 0.2) is 16.6 Å². The summed E-state index contributed by atoms with van der Waals surface area (Å²) in [6.45, 7) is 1.70. The first kappa shape index (κ1) is 14.8. The Labute approximate surface area is 110 Å². The van der Waals surface area contributed by atoms with Crippen molar-refractivity contribution in [3.05, 3.63) is 27.7 Å². The molecule has 1 aromatic rings. The molecule has 0 bridgehead atoms. The van der Waals surface area contributed by atoms with Crippen molar-refractivity contribution in [2.75, 3.05) is 12.3 Å². The molecular formula is C11H11BrF3NO2. The Bertz CT molecular complexity index is 460. The molecule has 0 spiro atoms. The maximum absolute atomic E-state index is 12.9. The Morgan fingerprint density at radius 3 is 2.56 bits per heavy atom. The van der Waals surface area contributed by atoms with Gasteiger partial charge in [-0.05, 0) is 34.5 Å². The Kier molecular flexibility index (Phi) is 4.61. The van der Waals surface area contributed by atoms with E-state index >= 15 is 0 Å². The van der Waals surface area contributed by atoms with Crippen molar-refractivity contribution >= 4 is 27.6 Å². The molecule has 1 aromatic carbocycles. The van der Waals surface area contributed by atoms with E-state index in [1.165, 1.54) is 12.1 Å². The molecular weight excluding hydrogens is 315 g/mol. The normalized spacial score (nSPS) is 11.4. The molecule has 0 fully saturated rings. The second kappa shape index (κ2) is 5.60. The number of halogens is 4. The molecule has 0 aliphatic heterocycles. The fraction of sp³-hybridized carbons (Fsp3) is 0.364. The Morgan fingerprint density at radius 2 is 2.06 bits per heavy atom. The molecule has 0 unspecified atom stereocenters. The van der Waals surface area contributed by atoms with Gasteiger partial charge in [0.2, 0.25) is 0 Å². The summed E-state index contributed by atoms with van der Waals surface area (Å²) >= 11 is 2.93. The SMILES string of the molecule is CCOC(=O)Cc1ccc(Br)c(N)c1C(F)(F)F. The number of ether oxygens (including phenoxy) is 1. The second-order valence-electron chi connectivity index (χ2n) is 3.47. The van der Waals surface area contributed by atoms with Gasteiger partial charge in [-0.2, -0.15) is 13.2 Å². The van der Waals surface area contributed by atoms with Gasteiger partial charge in [0.05, 0.1) is 24.3 Å². The van der Waals surface area contributed by atoms with Crippen LogP contribution in [-0.4, -0.2) is 12.6 Å². The van der Waals surface area contributed by atoms with Crippen LogP contribution in [0.5, 0.6) is 0 Å². The number of benzene rings is 1. The summed E-state index contributed by atoms with van der Waals surface area (Å²) in [6.07, 6.45) is -5.07. The number of anilines is 1. The van der Waals surface area contributed by atoms with Gasteiger partial charge in [-0.15, -0.1) is 0 Å². The van der Waals surface area contributed by atoms with E-state index < -0.39 is 29.8 Å². The summed E-state index contributed by atoms with van der Waals surface area (Å²) in [4.78, 5) is 11.2. The number of nitrogen functional groups attached to an aromatic ring is 1. The highest BCUT2D eigenvalue weighted by Crippen LogP contribution is 2.39. The molecule has 100 valence electrons. The van der Waals surface area contributed by atoms with Gasteiger partial charge in [-0.3, -0.25) is 4.79 Å². The van der Waals surface area contributed by atoms with Gasteiger partial charge in [-0.1, -0.05) is 6.07 Å². The maximum Gasteiger partial charge on any atom is 0.418 e. The summed E-state index contributed by atoms with van der Waals surface area (Å²) < 4.78 is 43.4. The van der Waals surface area contributed by atoms with Crippen molar-refractivity contribution in [3.8, 4) is 0 Å². The maximum atomic E-state index is 12.9. The minimum atomic E-state index is -4.62. The van der Waals surface area contributed by atoms with Crippen LogP contribution in [0.2, 0.25) is 0 Å². The highest BCUT2D eigenvalue weighted by molar-refractivity contribution is 9.10. The van der Waals surface area contributed by atoms with Crippen LogP contribution in [0, 0.1) is 0 Å². The number of hydrogen-bond acceptors (Lipinski definition) is 3. The Balaban J connectivity index is 3.20. The van der Waals surface area contributed by atoms with Crippen LogP contribution >= 0.6 is 15.9 Å². The molecule has 18 heavy (non-hydrogen) atoms. The van der Waals surface area contributed by atoms with Crippen molar-refractivity contribution in [1.82, 2.24) is 0 Å². The average molecular weight is 326 g/mol. The van der Waals surface area contributed by atoms with Crippen molar-refractivity contribution in [1.29, 1.82) is 0 Å². The number of rotatable bonds is 3. The number of carbonyl (C=O) groups excluding carboxylic acids is 1. The first-order valence-electron chi connectivity index (χ1n) is 5.07. The molecule has 0 atom stereocenters. The number of esters is 1. The molecule has 0 aliphatic rings. The summed E-state index contributed by atoms with van der Waals surface area (Å²) in [5.41, 5.74) is 3.79. The number of hydrogen-bond donors (Lipinski definition) is 1. The minimum Gasteiger partial charge on any atom is -0.466 e. The van der Waals surface area contributed by atoms with Crippen LogP contribution in [0.1, 0.15) is 18.1 Å². The zero-order chi connectivity index (χ0) is 13.9. The van der Waals surface area contributed by atoms with E-state index in [0.29, 0.717) is 0 Å². The van der Waals surface area contributed by atoms with Crippen LogP contribution < -0.4 is 5.73 Å². The Hall–Kier alpha value is -1.24. The molecule has 3 nitrogen and oxygen atoms in total. The lowest BCUT2D eigenvalue weighted by atomic mass is 10.0. The van der Waals surface area contributed by atoms with Crippen LogP contribution in [0.25, 0.3) is 0 Å². The monoisotopic (exact) mass is 325 g/mol. The van der Waals surface area contributed by atoms with Crippen LogP contribution in [0.4, 0.5) is 18.9 Å². The van der Waals surface area contributed by atoms with Gasteiger partial charge in [0.15, 0.2) is 0 Å². The van der Waals surface area contributed by atoms with E-state index in [9.17, 15) is 18.0 Å². The van der Waals surface area contributed by atoms with Gasteiger partial charge < -0.3 is 10.5 Å². The highest BCUT2D eigenvalue weighted by Gasteiger charge is 2.36. The van der Waals surface area contributed by atoms with E-state index in [0.717, 1.165) is 0 Å². The standard InChI is InChI=1S/C11H11BrF3NO2/c1-2-18-8(17)5-6-3-4-7(12)10(16)9(6)11(13,14)15/h3-4H,2,5,16H2,1H3. The third-order valence-electron chi connectivity index (χ3n) is 2.20. The third-order valence-corrected chi connectivity index (χ3v) is 2.89.